The topological polar surface area (TPSA) is 91.0 Å². The minimum atomic E-state index is -1.82. The van der Waals surface area contributed by atoms with E-state index in [4.69, 9.17) is 24.2 Å². The number of rotatable bonds is 5. The maximum Gasteiger partial charge on any atom is 0.414 e. The average Bonchev–Trinajstić information content (AvgIpc) is 2.93. The Bertz CT molecular complexity index is 636. The monoisotopic (exact) mass is 333 g/mol. The van der Waals surface area contributed by atoms with Crippen molar-refractivity contribution in [1.82, 2.24) is 4.90 Å². The van der Waals surface area contributed by atoms with Gasteiger partial charge in [-0.2, -0.15) is 0 Å². The number of carboxylic acids is 2. The van der Waals surface area contributed by atoms with Crippen molar-refractivity contribution in [3.05, 3.63) is 59.5 Å². The molecule has 0 unspecified atom stereocenters. The van der Waals surface area contributed by atoms with Gasteiger partial charge in [0.1, 0.15) is 11.5 Å². The van der Waals surface area contributed by atoms with E-state index in [0.717, 1.165) is 24.6 Å². The van der Waals surface area contributed by atoms with Gasteiger partial charge in [-0.05, 0) is 38.5 Å². The van der Waals surface area contributed by atoms with Crippen LogP contribution in [0, 0.1) is 6.92 Å². The van der Waals surface area contributed by atoms with Gasteiger partial charge in [-0.1, -0.05) is 30.3 Å². The molecule has 0 aliphatic carbocycles. The van der Waals surface area contributed by atoms with Gasteiger partial charge < -0.3 is 14.6 Å². The van der Waals surface area contributed by atoms with Crippen LogP contribution in [-0.4, -0.2) is 33.1 Å². The lowest BCUT2D eigenvalue weighted by atomic mass is 10.2. The van der Waals surface area contributed by atoms with E-state index in [9.17, 15) is 0 Å². The molecule has 0 radical (unpaired) electrons. The van der Waals surface area contributed by atoms with Crippen LogP contribution >= 0.6 is 0 Å². The highest BCUT2D eigenvalue weighted by Gasteiger charge is 2.12. The number of aryl methyl sites for hydroxylation is 1. The van der Waals surface area contributed by atoms with E-state index in [2.05, 4.69) is 55.1 Å². The Balaban J connectivity index is 0.000000413. The predicted molar refractivity (Wildman–Crippen MR) is 89.5 cm³/mol. The summed E-state index contributed by atoms with van der Waals surface area (Å²) in [5.41, 5.74) is 1.34. The zero-order valence-electron chi connectivity index (χ0n) is 14.1. The molecule has 0 aliphatic rings. The summed E-state index contributed by atoms with van der Waals surface area (Å²) in [5.74, 6) is -1.63. The van der Waals surface area contributed by atoms with Gasteiger partial charge >= 0.3 is 11.9 Å². The van der Waals surface area contributed by atoms with Gasteiger partial charge in [-0.15, -0.1) is 0 Å². The lowest BCUT2D eigenvalue weighted by Gasteiger charge is -2.25. The third-order valence-corrected chi connectivity index (χ3v) is 3.30. The van der Waals surface area contributed by atoms with E-state index in [-0.39, 0.29) is 0 Å². The Morgan fingerprint density at radius 3 is 2.00 bits per heavy atom. The second kappa shape index (κ2) is 9.52. The van der Waals surface area contributed by atoms with E-state index < -0.39 is 11.9 Å². The van der Waals surface area contributed by atoms with E-state index in [0.29, 0.717) is 6.04 Å². The van der Waals surface area contributed by atoms with Gasteiger partial charge in [0.15, 0.2) is 0 Å². The highest BCUT2D eigenvalue weighted by atomic mass is 16.4. The van der Waals surface area contributed by atoms with Crippen molar-refractivity contribution in [3.8, 4) is 0 Å². The van der Waals surface area contributed by atoms with E-state index in [1.807, 2.05) is 13.0 Å². The summed E-state index contributed by atoms with van der Waals surface area (Å²) < 4.78 is 5.66. The van der Waals surface area contributed by atoms with Crippen LogP contribution in [0.15, 0.2) is 46.9 Å². The lowest BCUT2D eigenvalue weighted by Crippen LogP contribution is -2.29. The first-order chi connectivity index (χ1) is 11.3. The molecule has 130 valence electrons. The van der Waals surface area contributed by atoms with Crippen molar-refractivity contribution in [3.63, 3.8) is 0 Å². The summed E-state index contributed by atoms with van der Waals surface area (Å²) in [4.78, 5) is 20.6. The van der Waals surface area contributed by atoms with Gasteiger partial charge in [0, 0.05) is 12.6 Å². The normalized spacial score (nSPS) is 10.4. The first-order valence-corrected chi connectivity index (χ1v) is 7.59. The van der Waals surface area contributed by atoms with Crippen LogP contribution in [-0.2, 0) is 22.7 Å². The number of hydrogen-bond donors (Lipinski definition) is 2. The van der Waals surface area contributed by atoms with Crippen molar-refractivity contribution >= 4 is 11.9 Å². The van der Waals surface area contributed by atoms with Gasteiger partial charge in [-0.3, -0.25) is 4.90 Å². The first kappa shape index (κ1) is 19.4. The number of benzene rings is 1. The van der Waals surface area contributed by atoms with Crippen molar-refractivity contribution in [1.29, 1.82) is 0 Å². The van der Waals surface area contributed by atoms with Crippen LogP contribution < -0.4 is 0 Å². The molecule has 2 rings (SSSR count). The smallest absolute Gasteiger partial charge is 0.414 e. The molecule has 0 amide bonds. The number of furan rings is 1. The molecule has 1 heterocycles. The maximum absolute atomic E-state index is 9.10. The van der Waals surface area contributed by atoms with Crippen LogP contribution in [0.1, 0.15) is 30.9 Å². The molecule has 2 N–H and O–H groups in total. The SMILES string of the molecule is Cc1ccc(CN(Cc2ccccc2)C(C)C)o1.O=C(O)C(=O)O. The molecule has 0 saturated heterocycles. The molecule has 0 aliphatic heterocycles. The van der Waals surface area contributed by atoms with E-state index in [1.165, 1.54) is 5.56 Å². The molecule has 24 heavy (non-hydrogen) atoms. The standard InChI is InChI=1S/C16H21NO.C2H2O4/c1-13(2)17(11-15-7-5-4-6-8-15)12-16-10-9-14(3)18-16;3-1(4)2(5)6/h4-10,13H,11-12H2,1-3H3;(H,3,4)(H,5,6). The highest BCUT2D eigenvalue weighted by molar-refractivity contribution is 6.27. The Hall–Kier alpha value is -2.60. The number of nitrogens with zero attached hydrogens (tertiary/aromatic N) is 1. The minimum absolute atomic E-state index is 0.496. The van der Waals surface area contributed by atoms with Crippen LogP contribution in [0.25, 0.3) is 0 Å². The Morgan fingerprint density at radius 1 is 1.00 bits per heavy atom. The average molecular weight is 333 g/mol. The molecule has 6 nitrogen and oxygen atoms in total. The number of carboxylic acid groups (broad SMARTS) is 2. The zero-order chi connectivity index (χ0) is 18.1. The summed E-state index contributed by atoms with van der Waals surface area (Å²) in [5, 5.41) is 14.8. The number of hydrogen-bond acceptors (Lipinski definition) is 4. The van der Waals surface area contributed by atoms with Crippen LogP contribution in [0.4, 0.5) is 0 Å². The molecule has 1 aromatic carbocycles. The molecule has 0 saturated carbocycles. The summed E-state index contributed by atoms with van der Waals surface area (Å²) >= 11 is 0. The van der Waals surface area contributed by atoms with Gasteiger partial charge in [0.2, 0.25) is 0 Å². The van der Waals surface area contributed by atoms with E-state index >= 15 is 0 Å². The second-order valence-electron chi connectivity index (χ2n) is 5.61. The predicted octanol–water partition coefficient (Wildman–Crippen LogP) is 3.15. The summed E-state index contributed by atoms with van der Waals surface area (Å²) in [6.45, 7) is 8.25. The van der Waals surface area contributed by atoms with Gasteiger partial charge in [0.05, 0.1) is 6.54 Å². The third kappa shape index (κ3) is 7.11. The van der Waals surface area contributed by atoms with E-state index in [1.54, 1.807) is 0 Å². The van der Waals surface area contributed by atoms with Crippen LogP contribution in [0.5, 0.6) is 0 Å². The number of aliphatic carboxylic acids is 2. The fourth-order valence-corrected chi connectivity index (χ4v) is 2.01. The highest BCUT2D eigenvalue weighted by Crippen LogP contribution is 2.15. The quantitative estimate of drug-likeness (QED) is 0.817. The summed E-state index contributed by atoms with van der Waals surface area (Å²) in [6, 6.07) is 15.2. The van der Waals surface area contributed by atoms with Crippen LogP contribution in [0.3, 0.4) is 0 Å². The largest absolute Gasteiger partial charge is 0.473 e. The van der Waals surface area contributed by atoms with Crippen LogP contribution in [0.2, 0.25) is 0 Å². The summed E-state index contributed by atoms with van der Waals surface area (Å²) in [7, 11) is 0. The molecule has 0 spiro atoms. The molecule has 0 atom stereocenters. The van der Waals surface area contributed by atoms with Gasteiger partial charge in [0.25, 0.3) is 0 Å². The molecular weight excluding hydrogens is 310 g/mol. The molecule has 0 fully saturated rings. The van der Waals surface area contributed by atoms with Crippen molar-refractivity contribution in [2.24, 2.45) is 0 Å². The van der Waals surface area contributed by atoms with Crippen molar-refractivity contribution in [2.45, 2.75) is 39.9 Å². The Labute approximate surface area is 141 Å². The molecular formula is C18H23NO5. The molecule has 1 aromatic heterocycles. The van der Waals surface area contributed by atoms with Gasteiger partial charge in [-0.25, -0.2) is 9.59 Å². The summed E-state index contributed by atoms with van der Waals surface area (Å²) in [6.07, 6.45) is 0. The first-order valence-electron chi connectivity index (χ1n) is 7.59. The van der Waals surface area contributed by atoms with Crippen molar-refractivity contribution in [2.75, 3.05) is 0 Å². The molecule has 2 aromatic rings. The molecule has 0 bridgehead atoms. The zero-order valence-corrected chi connectivity index (χ0v) is 14.1. The Morgan fingerprint density at radius 2 is 1.58 bits per heavy atom. The minimum Gasteiger partial charge on any atom is -0.473 e. The van der Waals surface area contributed by atoms with Crippen molar-refractivity contribution < 1.29 is 24.2 Å². The third-order valence-electron chi connectivity index (χ3n) is 3.30. The Kier molecular flexibility index (Phi) is 7.71. The fourth-order valence-electron chi connectivity index (χ4n) is 2.01. The second-order valence-corrected chi connectivity index (χ2v) is 5.61. The fraction of sp³-hybridized carbons (Fsp3) is 0.333. The molecule has 6 heteroatoms. The number of carbonyl (C=O) groups is 2. The maximum atomic E-state index is 9.10. The lowest BCUT2D eigenvalue weighted by molar-refractivity contribution is -0.159.